The molecule has 1 saturated heterocycles. The normalized spacial score (nSPS) is 15.8. The molecule has 6 heteroatoms. The first kappa shape index (κ1) is 14.6. The predicted octanol–water partition coefficient (Wildman–Crippen LogP) is 2.77. The van der Waals surface area contributed by atoms with E-state index in [4.69, 9.17) is 0 Å². The Labute approximate surface area is 126 Å². The van der Waals surface area contributed by atoms with Gasteiger partial charge in [-0.05, 0) is 36.5 Å². The van der Waals surface area contributed by atoms with Crippen LogP contribution in [0.3, 0.4) is 0 Å². The first-order chi connectivity index (χ1) is 10.6. The molecule has 22 heavy (non-hydrogen) atoms. The standard InChI is InChI=1S/C16H15F2N3O/c17-14-2-1-12(7-15(14)18)11-3-5-21(6-4-11)16(22)13-8-19-10-20-9-13/h1-2,7-11H,3-6H2. The van der Waals surface area contributed by atoms with Crippen molar-refractivity contribution in [2.45, 2.75) is 18.8 Å². The maximum absolute atomic E-state index is 13.3. The van der Waals surface area contributed by atoms with E-state index < -0.39 is 11.6 Å². The first-order valence-corrected chi connectivity index (χ1v) is 7.14. The van der Waals surface area contributed by atoms with E-state index >= 15 is 0 Å². The largest absolute Gasteiger partial charge is 0.339 e. The molecular weight excluding hydrogens is 288 g/mol. The second-order valence-corrected chi connectivity index (χ2v) is 5.37. The molecular formula is C16H15F2N3O. The average Bonchev–Trinajstić information content (AvgIpc) is 2.58. The Morgan fingerprint density at radius 3 is 2.41 bits per heavy atom. The summed E-state index contributed by atoms with van der Waals surface area (Å²) in [6.45, 7) is 1.16. The lowest BCUT2D eigenvalue weighted by Crippen LogP contribution is -2.38. The number of rotatable bonds is 2. The summed E-state index contributed by atoms with van der Waals surface area (Å²) in [5.74, 6) is -1.60. The highest BCUT2D eigenvalue weighted by Crippen LogP contribution is 2.29. The smallest absolute Gasteiger partial charge is 0.256 e. The number of aromatic nitrogens is 2. The molecule has 2 heterocycles. The van der Waals surface area contributed by atoms with Crippen LogP contribution in [-0.4, -0.2) is 33.9 Å². The second-order valence-electron chi connectivity index (χ2n) is 5.37. The average molecular weight is 303 g/mol. The maximum Gasteiger partial charge on any atom is 0.256 e. The van der Waals surface area contributed by atoms with E-state index in [1.165, 1.54) is 24.8 Å². The molecule has 3 rings (SSSR count). The van der Waals surface area contributed by atoms with E-state index in [1.807, 2.05) is 0 Å². The Morgan fingerprint density at radius 2 is 1.77 bits per heavy atom. The molecule has 2 aromatic rings. The highest BCUT2D eigenvalue weighted by Gasteiger charge is 2.25. The number of nitrogens with zero attached hydrogens (tertiary/aromatic N) is 3. The van der Waals surface area contributed by atoms with Gasteiger partial charge in [0.25, 0.3) is 5.91 Å². The highest BCUT2D eigenvalue weighted by molar-refractivity contribution is 5.93. The lowest BCUT2D eigenvalue weighted by Gasteiger charge is -2.32. The summed E-state index contributed by atoms with van der Waals surface area (Å²) in [5, 5.41) is 0. The predicted molar refractivity (Wildman–Crippen MR) is 76.3 cm³/mol. The summed E-state index contributed by atoms with van der Waals surface area (Å²) >= 11 is 0. The third kappa shape index (κ3) is 2.95. The number of halogens is 2. The van der Waals surface area contributed by atoms with Gasteiger partial charge in [-0.25, -0.2) is 18.7 Å². The Balaban J connectivity index is 1.65. The molecule has 1 aliphatic heterocycles. The fourth-order valence-corrected chi connectivity index (χ4v) is 2.77. The van der Waals surface area contributed by atoms with Crippen LogP contribution in [0.5, 0.6) is 0 Å². The Kier molecular flexibility index (Phi) is 4.09. The summed E-state index contributed by atoms with van der Waals surface area (Å²) in [7, 11) is 0. The van der Waals surface area contributed by atoms with Crippen molar-refractivity contribution in [1.29, 1.82) is 0 Å². The van der Waals surface area contributed by atoms with Gasteiger partial charge in [-0.2, -0.15) is 0 Å². The molecule has 0 N–H and O–H groups in total. The quantitative estimate of drug-likeness (QED) is 0.857. The molecule has 4 nitrogen and oxygen atoms in total. The van der Waals surface area contributed by atoms with Gasteiger partial charge in [0, 0.05) is 25.5 Å². The van der Waals surface area contributed by atoms with Crippen LogP contribution < -0.4 is 0 Å². The molecule has 0 saturated carbocycles. The summed E-state index contributed by atoms with van der Waals surface area (Å²) < 4.78 is 26.3. The topological polar surface area (TPSA) is 46.1 Å². The van der Waals surface area contributed by atoms with Gasteiger partial charge < -0.3 is 4.90 Å². The van der Waals surface area contributed by atoms with Crippen molar-refractivity contribution in [3.63, 3.8) is 0 Å². The zero-order valence-corrected chi connectivity index (χ0v) is 11.9. The van der Waals surface area contributed by atoms with Crippen LogP contribution in [0.4, 0.5) is 8.78 Å². The monoisotopic (exact) mass is 303 g/mol. The molecule has 0 bridgehead atoms. The summed E-state index contributed by atoms with van der Waals surface area (Å²) in [6.07, 6.45) is 5.83. The summed E-state index contributed by atoms with van der Waals surface area (Å²) in [5.41, 5.74) is 1.25. The van der Waals surface area contributed by atoms with Crippen LogP contribution in [0.25, 0.3) is 0 Å². The number of hydrogen-bond acceptors (Lipinski definition) is 3. The number of hydrogen-bond donors (Lipinski definition) is 0. The van der Waals surface area contributed by atoms with Crippen LogP contribution in [-0.2, 0) is 0 Å². The van der Waals surface area contributed by atoms with Crippen LogP contribution in [0, 0.1) is 11.6 Å². The Hall–Kier alpha value is -2.37. The van der Waals surface area contributed by atoms with Gasteiger partial charge in [0.05, 0.1) is 5.56 Å². The first-order valence-electron chi connectivity index (χ1n) is 7.14. The van der Waals surface area contributed by atoms with E-state index in [0.29, 0.717) is 18.7 Å². The molecule has 1 fully saturated rings. The minimum Gasteiger partial charge on any atom is -0.339 e. The van der Waals surface area contributed by atoms with Crippen LogP contribution in [0.1, 0.15) is 34.7 Å². The molecule has 0 radical (unpaired) electrons. The van der Waals surface area contributed by atoms with Crippen molar-refractivity contribution in [1.82, 2.24) is 14.9 Å². The molecule has 0 atom stereocenters. The number of likely N-dealkylation sites (tertiary alicyclic amines) is 1. The van der Waals surface area contributed by atoms with Crippen molar-refractivity contribution >= 4 is 5.91 Å². The minimum atomic E-state index is -0.833. The zero-order valence-electron chi connectivity index (χ0n) is 11.9. The molecule has 1 amide bonds. The third-order valence-corrected chi connectivity index (χ3v) is 4.00. The van der Waals surface area contributed by atoms with E-state index in [-0.39, 0.29) is 11.8 Å². The summed E-state index contributed by atoms with van der Waals surface area (Å²) in [6, 6.07) is 4.03. The number of amides is 1. The van der Waals surface area contributed by atoms with Crippen molar-refractivity contribution in [3.8, 4) is 0 Å². The number of carbonyl (C=O) groups is 1. The van der Waals surface area contributed by atoms with Gasteiger partial charge in [-0.15, -0.1) is 0 Å². The number of piperidine rings is 1. The Morgan fingerprint density at radius 1 is 1.09 bits per heavy atom. The second kappa shape index (κ2) is 6.17. The SMILES string of the molecule is O=C(c1cncnc1)N1CCC(c2ccc(F)c(F)c2)CC1. The number of benzene rings is 1. The lowest BCUT2D eigenvalue weighted by atomic mass is 9.89. The molecule has 1 aromatic heterocycles. The third-order valence-electron chi connectivity index (χ3n) is 4.00. The van der Waals surface area contributed by atoms with E-state index in [2.05, 4.69) is 9.97 Å². The molecule has 0 aliphatic carbocycles. The molecule has 1 aromatic carbocycles. The van der Waals surface area contributed by atoms with Gasteiger partial charge in [0.1, 0.15) is 6.33 Å². The van der Waals surface area contributed by atoms with E-state index in [1.54, 1.807) is 11.0 Å². The van der Waals surface area contributed by atoms with E-state index in [9.17, 15) is 13.6 Å². The number of carbonyl (C=O) groups excluding carboxylic acids is 1. The van der Waals surface area contributed by atoms with Crippen molar-refractivity contribution < 1.29 is 13.6 Å². The zero-order chi connectivity index (χ0) is 15.5. The fraction of sp³-hybridized carbons (Fsp3) is 0.312. The Bertz CT molecular complexity index is 670. The van der Waals surface area contributed by atoms with Gasteiger partial charge in [0.15, 0.2) is 11.6 Å². The van der Waals surface area contributed by atoms with Gasteiger partial charge in [-0.1, -0.05) is 6.07 Å². The van der Waals surface area contributed by atoms with Crippen LogP contribution in [0.15, 0.2) is 36.9 Å². The molecule has 1 aliphatic rings. The van der Waals surface area contributed by atoms with Gasteiger partial charge in [0.2, 0.25) is 0 Å². The molecule has 0 unspecified atom stereocenters. The van der Waals surface area contributed by atoms with Crippen molar-refractivity contribution in [2.75, 3.05) is 13.1 Å². The fourth-order valence-electron chi connectivity index (χ4n) is 2.77. The van der Waals surface area contributed by atoms with Gasteiger partial charge >= 0.3 is 0 Å². The van der Waals surface area contributed by atoms with Crippen molar-refractivity contribution in [2.24, 2.45) is 0 Å². The minimum absolute atomic E-state index is 0.0932. The molecule has 0 spiro atoms. The molecule has 114 valence electrons. The van der Waals surface area contributed by atoms with Gasteiger partial charge in [-0.3, -0.25) is 4.79 Å². The highest BCUT2D eigenvalue weighted by atomic mass is 19.2. The van der Waals surface area contributed by atoms with Crippen molar-refractivity contribution in [3.05, 3.63) is 59.7 Å². The van der Waals surface area contributed by atoms with E-state index in [0.717, 1.165) is 24.5 Å². The lowest BCUT2D eigenvalue weighted by molar-refractivity contribution is 0.0712. The van der Waals surface area contributed by atoms with Crippen LogP contribution >= 0.6 is 0 Å². The maximum atomic E-state index is 13.3. The van der Waals surface area contributed by atoms with Crippen LogP contribution in [0.2, 0.25) is 0 Å². The summed E-state index contributed by atoms with van der Waals surface area (Å²) in [4.78, 5) is 21.7.